The molecule has 3 heterocycles. The lowest BCUT2D eigenvalue weighted by atomic mass is 9.92. The third-order valence-electron chi connectivity index (χ3n) is 5.86. The van der Waals surface area contributed by atoms with Crippen LogP contribution in [0.1, 0.15) is 25.7 Å². The van der Waals surface area contributed by atoms with Crippen LogP contribution in [0.2, 0.25) is 0 Å². The van der Waals surface area contributed by atoms with Crippen LogP contribution in [0.15, 0.2) is 36.7 Å². The smallest absolute Gasteiger partial charge is 0.144 e. The maximum Gasteiger partial charge on any atom is 0.144 e. The molecule has 6 heteroatoms. The Balaban J connectivity index is 1.53. The molecule has 1 aliphatic heterocycles. The number of rotatable bonds is 6. The van der Waals surface area contributed by atoms with Crippen LogP contribution in [0.4, 0.5) is 5.69 Å². The molecule has 1 aromatic carbocycles. The van der Waals surface area contributed by atoms with Crippen LogP contribution in [0, 0.1) is 5.92 Å². The Kier molecular flexibility index (Phi) is 4.42. The second-order valence-electron chi connectivity index (χ2n) is 8.04. The van der Waals surface area contributed by atoms with Gasteiger partial charge in [0.25, 0.3) is 0 Å². The first kappa shape index (κ1) is 17.5. The molecule has 3 aromatic rings. The predicted octanol–water partition coefficient (Wildman–Crippen LogP) is 2.66. The first-order valence-electron chi connectivity index (χ1n) is 10.3. The number of hydrogen-bond donors (Lipinski definition) is 0. The van der Waals surface area contributed by atoms with E-state index in [0.29, 0.717) is 5.92 Å². The number of imidazole rings is 1. The molecule has 1 aliphatic carbocycles. The van der Waals surface area contributed by atoms with E-state index < -0.39 is 0 Å². The number of benzene rings is 1. The van der Waals surface area contributed by atoms with Crippen LogP contribution in [-0.4, -0.2) is 44.0 Å². The summed E-state index contributed by atoms with van der Waals surface area (Å²) in [5.41, 5.74) is 5.30. The Bertz CT molecular complexity index is 1010. The Morgan fingerprint density at radius 3 is 2.71 bits per heavy atom. The number of anilines is 1. The molecule has 144 valence electrons. The van der Waals surface area contributed by atoms with Crippen LogP contribution in [0.5, 0.6) is 11.5 Å². The Morgan fingerprint density at radius 1 is 1.14 bits per heavy atom. The molecular formula is C22H26BN3O2. The Morgan fingerprint density at radius 2 is 1.96 bits per heavy atom. The van der Waals surface area contributed by atoms with Gasteiger partial charge < -0.3 is 18.8 Å². The zero-order valence-corrected chi connectivity index (χ0v) is 16.6. The summed E-state index contributed by atoms with van der Waals surface area (Å²) in [4.78, 5) is 7.37. The highest BCUT2D eigenvalue weighted by Gasteiger charge is 2.23. The molecule has 0 bridgehead atoms. The van der Waals surface area contributed by atoms with Crippen molar-refractivity contribution in [2.75, 3.05) is 31.7 Å². The fraction of sp³-hybridized carbons (Fsp3) is 0.409. The number of pyridine rings is 1. The number of ether oxygens (including phenoxy) is 2. The van der Waals surface area contributed by atoms with Gasteiger partial charge in [0.15, 0.2) is 0 Å². The summed E-state index contributed by atoms with van der Waals surface area (Å²) in [6, 6.07) is 8.51. The summed E-state index contributed by atoms with van der Waals surface area (Å²) in [5, 5.41) is 0. The van der Waals surface area contributed by atoms with Gasteiger partial charge in [-0.1, -0.05) is 6.07 Å². The van der Waals surface area contributed by atoms with E-state index in [1.165, 1.54) is 31.4 Å². The van der Waals surface area contributed by atoms with E-state index >= 15 is 0 Å². The Hall–Kier alpha value is -2.63. The fourth-order valence-corrected chi connectivity index (χ4v) is 3.97. The molecule has 0 unspecified atom stereocenters. The van der Waals surface area contributed by atoms with Crippen molar-refractivity contribution in [2.24, 2.45) is 5.92 Å². The van der Waals surface area contributed by atoms with E-state index in [4.69, 9.17) is 14.5 Å². The van der Waals surface area contributed by atoms with Crippen molar-refractivity contribution in [1.29, 1.82) is 0 Å². The molecule has 0 N–H and O–H groups in total. The number of fused-ring (bicyclic) bond motifs is 1. The lowest BCUT2D eigenvalue weighted by Crippen LogP contribution is -2.17. The third kappa shape index (κ3) is 3.32. The molecule has 2 aromatic heterocycles. The van der Waals surface area contributed by atoms with Gasteiger partial charge >= 0.3 is 0 Å². The van der Waals surface area contributed by atoms with Crippen molar-refractivity contribution < 1.29 is 9.47 Å². The molecule has 1 saturated carbocycles. The second-order valence-corrected chi connectivity index (χ2v) is 8.04. The van der Waals surface area contributed by atoms with E-state index in [1.54, 1.807) is 7.11 Å². The Labute approximate surface area is 166 Å². The molecule has 0 amide bonds. The van der Waals surface area contributed by atoms with Gasteiger partial charge in [-0.05, 0) is 43.1 Å². The van der Waals surface area contributed by atoms with Crippen molar-refractivity contribution >= 4 is 24.6 Å². The van der Waals surface area contributed by atoms with E-state index in [2.05, 4.69) is 47.7 Å². The zero-order valence-electron chi connectivity index (χ0n) is 16.6. The number of hydrogen-bond acceptors (Lipinski definition) is 4. The largest absolute Gasteiger partial charge is 0.497 e. The van der Waals surface area contributed by atoms with Gasteiger partial charge in [-0.25, -0.2) is 4.98 Å². The second kappa shape index (κ2) is 7.08. The van der Waals surface area contributed by atoms with Crippen LogP contribution in [0.3, 0.4) is 0 Å². The molecule has 28 heavy (non-hydrogen) atoms. The van der Waals surface area contributed by atoms with Gasteiger partial charge in [0.2, 0.25) is 0 Å². The van der Waals surface area contributed by atoms with Crippen LogP contribution < -0.4 is 19.8 Å². The molecule has 2 fully saturated rings. The van der Waals surface area contributed by atoms with Crippen LogP contribution >= 0.6 is 0 Å². The minimum absolute atomic E-state index is 0.698. The van der Waals surface area contributed by atoms with E-state index in [1.807, 2.05) is 6.07 Å². The van der Waals surface area contributed by atoms with Crippen molar-refractivity contribution in [2.45, 2.75) is 25.7 Å². The van der Waals surface area contributed by atoms with E-state index in [-0.39, 0.29) is 0 Å². The normalized spacial score (nSPS) is 16.7. The summed E-state index contributed by atoms with van der Waals surface area (Å²) in [5.74, 6) is 2.41. The quantitative estimate of drug-likeness (QED) is 0.621. The molecule has 0 radical (unpaired) electrons. The van der Waals surface area contributed by atoms with Crippen LogP contribution in [0.25, 0.3) is 16.9 Å². The van der Waals surface area contributed by atoms with Crippen molar-refractivity contribution in [3.05, 3.63) is 36.7 Å². The van der Waals surface area contributed by atoms with Gasteiger partial charge in [-0.15, -0.1) is 0 Å². The summed E-state index contributed by atoms with van der Waals surface area (Å²) in [6.07, 6.45) is 9.29. The molecule has 5 nitrogen and oxygen atoms in total. The fourth-order valence-electron chi connectivity index (χ4n) is 3.97. The maximum absolute atomic E-state index is 6.18. The van der Waals surface area contributed by atoms with E-state index in [0.717, 1.165) is 53.6 Å². The first-order valence-corrected chi connectivity index (χ1v) is 10.3. The standard InChI is InChI=1S/C22H26BN3O2/c1-27-21-12-20(28-14-15-4-5-15)17(11-18(21)23)19-13-26-9-6-16(10-22(26)24-19)25-7-2-3-8-25/h6,9-13,15H,2-5,7-8,14,23H2,1H3. The topological polar surface area (TPSA) is 39.0 Å². The minimum atomic E-state index is 0.698. The summed E-state index contributed by atoms with van der Waals surface area (Å²) in [6.45, 7) is 3.05. The SMILES string of the molecule is Bc1cc(-c2cn3ccc(N4CCCC4)cc3n2)c(OCC2CC2)cc1OC. The lowest BCUT2D eigenvalue weighted by molar-refractivity contribution is 0.299. The highest BCUT2D eigenvalue weighted by atomic mass is 16.5. The van der Waals surface area contributed by atoms with Crippen LogP contribution in [-0.2, 0) is 0 Å². The summed E-state index contributed by atoms with van der Waals surface area (Å²) >= 11 is 0. The average Bonchev–Trinajstić information content (AvgIpc) is 3.19. The van der Waals surface area contributed by atoms with Gasteiger partial charge in [-0.2, -0.15) is 0 Å². The number of methoxy groups -OCH3 is 1. The van der Waals surface area contributed by atoms with Crippen molar-refractivity contribution in [1.82, 2.24) is 9.38 Å². The number of aromatic nitrogens is 2. The molecule has 0 atom stereocenters. The average molecular weight is 375 g/mol. The molecule has 5 rings (SSSR count). The maximum atomic E-state index is 6.18. The minimum Gasteiger partial charge on any atom is -0.497 e. The number of nitrogens with zero attached hydrogens (tertiary/aromatic N) is 3. The zero-order chi connectivity index (χ0) is 19.1. The highest BCUT2D eigenvalue weighted by molar-refractivity contribution is 6.34. The van der Waals surface area contributed by atoms with Gasteiger partial charge in [0.05, 0.1) is 19.4 Å². The van der Waals surface area contributed by atoms with Gasteiger partial charge in [-0.3, -0.25) is 0 Å². The van der Waals surface area contributed by atoms with Crippen molar-refractivity contribution in [3.63, 3.8) is 0 Å². The monoisotopic (exact) mass is 375 g/mol. The summed E-state index contributed by atoms with van der Waals surface area (Å²) < 4.78 is 13.8. The van der Waals surface area contributed by atoms with Gasteiger partial charge in [0.1, 0.15) is 25.0 Å². The first-order chi connectivity index (χ1) is 13.7. The predicted molar refractivity (Wildman–Crippen MR) is 115 cm³/mol. The summed E-state index contributed by atoms with van der Waals surface area (Å²) in [7, 11) is 3.77. The molecule has 0 spiro atoms. The third-order valence-corrected chi connectivity index (χ3v) is 5.86. The van der Waals surface area contributed by atoms with E-state index in [9.17, 15) is 0 Å². The van der Waals surface area contributed by atoms with Crippen molar-refractivity contribution in [3.8, 4) is 22.8 Å². The lowest BCUT2D eigenvalue weighted by Gasteiger charge is -2.17. The highest BCUT2D eigenvalue weighted by Crippen LogP contribution is 2.35. The molecule has 1 saturated heterocycles. The molecular weight excluding hydrogens is 349 g/mol. The molecule has 2 aliphatic rings. The van der Waals surface area contributed by atoms with Gasteiger partial charge in [0, 0.05) is 48.9 Å².